The Morgan fingerprint density at radius 3 is 2.53 bits per heavy atom. The third-order valence-electron chi connectivity index (χ3n) is 4.70. The summed E-state index contributed by atoms with van der Waals surface area (Å²) >= 11 is 0. The molecular weight excluding hydrogens is 244 g/mol. The van der Waals surface area contributed by atoms with Gasteiger partial charge in [-0.15, -0.1) is 0 Å². The quantitative estimate of drug-likeness (QED) is 0.543. The number of ether oxygens (including phenoxy) is 2. The molecule has 0 spiro atoms. The third-order valence-corrected chi connectivity index (χ3v) is 4.70. The summed E-state index contributed by atoms with van der Waals surface area (Å²) in [6, 6.07) is 0. The van der Waals surface area contributed by atoms with Gasteiger partial charge in [0, 0.05) is 18.9 Å². The van der Waals surface area contributed by atoms with Gasteiger partial charge in [0.2, 0.25) is 0 Å². The fourth-order valence-electron chi connectivity index (χ4n) is 3.63. The van der Waals surface area contributed by atoms with E-state index < -0.39 is 0 Å². The lowest BCUT2D eigenvalue weighted by Gasteiger charge is -2.26. The number of carbonyl (C=O) groups is 1. The highest BCUT2D eigenvalue weighted by Gasteiger charge is 2.47. The first kappa shape index (κ1) is 14.8. The van der Waals surface area contributed by atoms with Crippen molar-refractivity contribution in [2.75, 3.05) is 13.7 Å². The first-order valence-electron chi connectivity index (χ1n) is 7.59. The van der Waals surface area contributed by atoms with Crippen molar-refractivity contribution < 1.29 is 19.4 Å². The van der Waals surface area contributed by atoms with Gasteiger partial charge in [0.25, 0.3) is 0 Å². The van der Waals surface area contributed by atoms with E-state index in [9.17, 15) is 9.90 Å². The van der Waals surface area contributed by atoms with Crippen LogP contribution in [0.4, 0.5) is 0 Å². The zero-order chi connectivity index (χ0) is 13.7. The first-order chi connectivity index (χ1) is 9.26. The van der Waals surface area contributed by atoms with Crippen molar-refractivity contribution in [1.82, 2.24) is 0 Å². The van der Waals surface area contributed by atoms with Crippen LogP contribution in [0, 0.1) is 11.8 Å². The Morgan fingerprint density at radius 1 is 1.16 bits per heavy atom. The van der Waals surface area contributed by atoms with Crippen LogP contribution in [0.25, 0.3) is 0 Å². The Hall–Kier alpha value is -0.610. The number of esters is 1. The van der Waals surface area contributed by atoms with Crippen molar-refractivity contribution in [3.63, 3.8) is 0 Å². The minimum absolute atomic E-state index is 0.109. The Kier molecular flexibility index (Phi) is 5.64. The molecule has 0 aromatic carbocycles. The molecule has 19 heavy (non-hydrogen) atoms. The number of aliphatic hydroxyl groups is 1. The number of hydrogen-bond acceptors (Lipinski definition) is 4. The number of hydrogen-bond donors (Lipinski definition) is 1. The largest absolute Gasteiger partial charge is 0.469 e. The van der Waals surface area contributed by atoms with Crippen LogP contribution in [-0.4, -0.2) is 37.0 Å². The Balaban J connectivity index is 1.57. The number of fused-ring (bicyclic) bond motifs is 2. The fourth-order valence-corrected chi connectivity index (χ4v) is 3.63. The summed E-state index contributed by atoms with van der Waals surface area (Å²) in [5.74, 6) is 0.819. The zero-order valence-corrected chi connectivity index (χ0v) is 11.8. The van der Waals surface area contributed by atoms with Crippen LogP contribution in [0.15, 0.2) is 0 Å². The molecule has 2 bridgehead atoms. The second-order valence-electron chi connectivity index (χ2n) is 5.83. The van der Waals surface area contributed by atoms with E-state index in [0.717, 1.165) is 32.1 Å². The van der Waals surface area contributed by atoms with Gasteiger partial charge in [-0.05, 0) is 31.6 Å². The Bertz CT molecular complexity index is 292. The van der Waals surface area contributed by atoms with Gasteiger partial charge in [-0.3, -0.25) is 4.79 Å². The van der Waals surface area contributed by atoms with E-state index in [4.69, 9.17) is 4.74 Å². The van der Waals surface area contributed by atoms with Gasteiger partial charge in [-0.1, -0.05) is 19.3 Å². The average Bonchev–Trinajstić information content (AvgIpc) is 3.02. The van der Waals surface area contributed by atoms with E-state index in [1.165, 1.54) is 20.0 Å². The number of carbonyl (C=O) groups excluding carboxylic acids is 1. The Labute approximate surface area is 115 Å². The normalized spacial score (nSPS) is 32.7. The highest BCUT2D eigenvalue weighted by molar-refractivity contribution is 5.68. The van der Waals surface area contributed by atoms with E-state index in [2.05, 4.69) is 4.74 Å². The van der Waals surface area contributed by atoms with Crippen LogP contribution in [0.1, 0.15) is 51.4 Å². The molecule has 2 aliphatic rings. The van der Waals surface area contributed by atoms with Crippen LogP contribution in [0.5, 0.6) is 0 Å². The molecule has 2 rings (SSSR count). The van der Waals surface area contributed by atoms with Gasteiger partial charge in [0.15, 0.2) is 0 Å². The maximum Gasteiger partial charge on any atom is 0.305 e. The molecule has 0 amide bonds. The molecule has 0 aromatic rings. The average molecular weight is 270 g/mol. The van der Waals surface area contributed by atoms with Gasteiger partial charge >= 0.3 is 5.97 Å². The highest BCUT2D eigenvalue weighted by Crippen LogP contribution is 2.45. The van der Waals surface area contributed by atoms with Crippen molar-refractivity contribution in [3.05, 3.63) is 0 Å². The summed E-state index contributed by atoms with van der Waals surface area (Å²) < 4.78 is 10.5. The molecule has 2 aliphatic heterocycles. The number of aliphatic hydroxyl groups excluding tert-OH is 1. The molecule has 2 saturated heterocycles. The molecule has 4 nitrogen and oxygen atoms in total. The standard InChI is InChI=1S/C15H26O4/c1-18-15(17)7-5-3-2-4-6-11-12(10-16)14-9-8-13(11)19-14/h11-14,16H,2-10H2,1H3/t11-,12+,13-,14+/m0/s1. The minimum Gasteiger partial charge on any atom is -0.469 e. The lowest BCUT2D eigenvalue weighted by atomic mass is 9.77. The Morgan fingerprint density at radius 2 is 1.84 bits per heavy atom. The molecule has 0 aliphatic carbocycles. The van der Waals surface area contributed by atoms with Crippen LogP contribution in [0.2, 0.25) is 0 Å². The van der Waals surface area contributed by atoms with Crippen LogP contribution in [0.3, 0.4) is 0 Å². The van der Waals surface area contributed by atoms with Crippen molar-refractivity contribution in [1.29, 1.82) is 0 Å². The van der Waals surface area contributed by atoms with Gasteiger partial charge in [0.1, 0.15) is 0 Å². The fraction of sp³-hybridized carbons (Fsp3) is 0.933. The maximum absolute atomic E-state index is 11.0. The predicted octanol–water partition coefficient (Wildman–Crippen LogP) is 2.29. The second-order valence-corrected chi connectivity index (χ2v) is 5.83. The number of methoxy groups -OCH3 is 1. The molecule has 0 saturated carbocycles. The minimum atomic E-state index is -0.109. The smallest absolute Gasteiger partial charge is 0.305 e. The van der Waals surface area contributed by atoms with Gasteiger partial charge in [0.05, 0.1) is 19.3 Å². The molecular formula is C15H26O4. The molecule has 0 radical (unpaired) electrons. The maximum atomic E-state index is 11.0. The summed E-state index contributed by atoms with van der Waals surface area (Å²) in [6.07, 6.45) is 9.05. The SMILES string of the molecule is COC(=O)CCCCCC[C@H]1[C@@H](CO)[C@H]2CC[C@@H]1O2. The van der Waals surface area contributed by atoms with Crippen LogP contribution in [-0.2, 0) is 14.3 Å². The molecule has 4 heteroatoms. The van der Waals surface area contributed by atoms with Crippen molar-refractivity contribution in [2.45, 2.75) is 63.6 Å². The van der Waals surface area contributed by atoms with Gasteiger partial charge < -0.3 is 14.6 Å². The van der Waals surface area contributed by atoms with E-state index in [-0.39, 0.29) is 12.6 Å². The summed E-state index contributed by atoms with van der Waals surface area (Å²) in [4.78, 5) is 11.0. The van der Waals surface area contributed by atoms with Gasteiger partial charge in [-0.25, -0.2) is 0 Å². The van der Waals surface area contributed by atoms with E-state index in [1.807, 2.05) is 0 Å². The third kappa shape index (κ3) is 3.69. The highest BCUT2D eigenvalue weighted by atomic mass is 16.5. The lowest BCUT2D eigenvalue weighted by Crippen LogP contribution is -2.29. The summed E-state index contributed by atoms with van der Waals surface area (Å²) in [7, 11) is 1.44. The molecule has 0 aromatic heterocycles. The number of unbranched alkanes of at least 4 members (excludes halogenated alkanes) is 3. The molecule has 0 unspecified atom stereocenters. The second kappa shape index (κ2) is 7.25. The number of rotatable bonds is 8. The summed E-state index contributed by atoms with van der Waals surface area (Å²) in [5.41, 5.74) is 0. The molecule has 4 atom stereocenters. The van der Waals surface area contributed by atoms with Crippen molar-refractivity contribution >= 4 is 5.97 Å². The zero-order valence-electron chi connectivity index (χ0n) is 11.8. The molecule has 2 heterocycles. The summed E-state index contributed by atoms with van der Waals surface area (Å²) in [5, 5.41) is 9.46. The van der Waals surface area contributed by atoms with E-state index in [1.54, 1.807) is 0 Å². The first-order valence-corrected chi connectivity index (χ1v) is 7.59. The van der Waals surface area contributed by atoms with Gasteiger partial charge in [-0.2, -0.15) is 0 Å². The molecule has 1 N–H and O–H groups in total. The molecule has 110 valence electrons. The van der Waals surface area contributed by atoms with E-state index in [0.29, 0.717) is 30.5 Å². The predicted molar refractivity (Wildman–Crippen MR) is 71.7 cm³/mol. The monoisotopic (exact) mass is 270 g/mol. The lowest BCUT2D eigenvalue weighted by molar-refractivity contribution is -0.140. The molecule has 2 fully saturated rings. The van der Waals surface area contributed by atoms with Crippen molar-refractivity contribution in [2.24, 2.45) is 11.8 Å². The van der Waals surface area contributed by atoms with Crippen LogP contribution >= 0.6 is 0 Å². The van der Waals surface area contributed by atoms with E-state index >= 15 is 0 Å². The van der Waals surface area contributed by atoms with Crippen LogP contribution < -0.4 is 0 Å². The summed E-state index contributed by atoms with van der Waals surface area (Å²) in [6.45, 7) is 0.272. The topological polar surface area (TPSA) is 55.8 Å². The van der Waals surface area contributed by atoms with Crippen molar-refractivity contribution in [3.8, 4) is 0 Å².